The number of thiol groups is 1. The summed E-state index contributed by atoms with van der Waals surface area (Å²) in [7, 11) is 3.74. The lowest BCUT2D eigenvalue weighted by Gasteiger charge is -2.19. The van der Waals surface area contributed by atoms with E-state index in [9.17, 15) is 0 Å². The molecule has 0 spiro atoms. The van der Waals surface area contributed by atoms with Crippen LogP contribution in [-0.2, 0) is 0 Å². The summed E-state index contributed by atoms with van der Waals surface area (Å²) in [6, 6.07) is 0. The van der Waals surface area contributed by atoms with Gasteiger partial charge in [-0.15, -0.1) is 0 Å². The SMILES string of the molecule is C=C/C=C\N(C)N(C)S. The van der Waals surface area contributed by atoms with Gasteiger partial charge in [-0.05, 0) is 6.08 Å². The van der Waals surface area contributed by atoms with Gasteiger partial charge >= 0.3 is 0 Å². The molecule has 0 heterocycles. The van der Waals surface area contributed by atoms with Gasteiger partial charge in [0, 0.05) is 20.3 Å². The number of hydrogen-bond donors (Lipinski definition) is 1. The van der Waals surface area contributed by atoms with E-state index in [1.165, 1.54) is 0 Å². The Balaban J connectivity index is 3.61. The molecular formula is C6H12N2S. The Bertz CT molecular complexity index is 110. The number of nitrogens with zero attached hydrogens (tertiary/aromatic N) is 2. The van der Waals surface area contributed by atoms with Gasteiger partial charge in [-0.3, -0.25) is 0 Å². The van der Waals surface area contributed by atoms with Crippen molar-refractivity contribution in [2.24, 2.45) is 0 Å². The lowest BCUT2D eigenvalue weighted by molar-refractivity contribution is 0.214. The predicted molar refractivity (Wildman–Crippen MR) is 43.8 cm³/mol. The number of allylic oxidation sites excluding steroid dienone is 2. The zero-order chi connectivity index (χ0) is 7.28. The Labute approximate surface area is 62.0 Å². The van der Waals surface area contributed by atoms with Crippen LogP contribution in [0.1, 0.15) is 0 Å². The molecular weight excluding hydrogens is 132 g/mol. The van der Waals surface area contributed by atoms with E-state index in [1.807, 2.05) is 31.4 Å². The van der Waals surface area contributed by atoms with E-state index >= 15 is 0 Å². The molecule has 52 valence electrons. The molecule has 0 aliphatic carbocycles. The van der Waals surface area contributed by atoms with Gasteiger partial charge in [-0.2, -0.15) is 4.41 Å². The first-order chi connectivity index (χ1) is 4.18. The lowest BCUT2D eigenvalue weighted by Crippen LogP contribution is -2.22. The maximum absolute atomic E-state index is 4.04. The fourth-order valence-electron chi connectivity index (χ4n) is 0.282. The molecule has 0 amide bonds. The maximum atomic E-state index is 4.04. The van der Waals surface area contributed by atoms with Crippen molar-refractivity contribution in [3.05, 3.63) is 24.9 Å². The van der Waals surface area contributed by atoms with Gasteiger partial charge in [0.15, 0.2) is 0 Å². The zero-order valence-corrected chi connectivity index (χ0v) is 6.68. The van der Waals surface area contributed by atoms with Crippen molar-refractivity contribution in [3.8, 4) is 0 Å². The molecule has 9 heavy (non-hydrogen) atoms. The van der Waals surface area contributed by atoms with Crippen molar-refractivity contribution >= 4 is 12.8 Å². The van der Waals surface area contributed by atoms with E-state index in [-0.39, 0.29) is 0 Å². The predicted octanol–water partition coefficient (Wildman–Crippen LogP) is 1.31. The molecule has 0 saturated heterocycles. The van der Waals surface area contributed by atoms with Crippen molar-refractivity contribution in [3.63, 3.8) is 0 Å². The van der Waals surface area contributed by atoms with Crippen LogP contribution in [0.3, 0.4) is 0 Å². The van der Waals surface area contributed by atoms with Crippen LogP contribution >= 0.6 is 12.8 Å². The van der Waals surface area contributed by atoms with Crippen molar-refractivity contribution in [1.29, 1.82) is 0 Å². The Kier molecular flexibility index (Phi) is 4.26. The molecule has 3 heteroatoms. The first-order valence-corrected chi connectivity index (χ1v) is 3.03. The smallest absolute Gasteiger partial charge is 0.0236 e. The van der Waals surface area contributed by atoms with Crippen LogP contribution in [0.25, 0.3) is 0 Å². The number of rotatable bonds is 3. The highest BCUT2D eigenvalue weighted by Crippen LogP contribution is 1.93. The van der Waals surface area contributed by atoms with Crippen LogP contribution < -0.4 is 0 Å². The number of hydrazine groups is 1. The molecule has 0 aromatic rings. The highest BCUT2D eigenvalue weighted by molar-refractivity contribution is 7.77. The molecule has 0 aromatic carbocycles. The van der Waals surface area contributed by atoms with Gasteiger partial charge in [-0.25, -0.2) is 0 Å². The van der Waals surface area contributed by atoms with E-state index < -0.39 is 0 Å². The van der Waals surface area contributed by atoms with Gasteiger partial charge in [0.05, 0.1) is 0 Å². The van der Waals surface area contributed by atoms with Gasteiger partial charge in [0.2, 0.25) is 0 Å². The molecule has 0 rings (SSSR count). The van der Waals surface area contributed by atoms with Crippen LogP contribution in [0.15, 0.2) is 24.9 Å². The molecule has 0 atom stereocenters. The fraction of sp³-hybridized carbons (Fsp3) is 0.333. The molecule has 0 fully saturated rings. The van der Waals surface area contributed by atoms with Crippen molar-refractivity contribution in [2.75, 3.05) is 14.1 Å². The van der Waals surface area contributed by atoms with E-state index in [0.29, 0.717) is 0 Å². The normalized spacial score (nSPS) is 10.7. The molecule has 0 bridgehead atoms. The summed E-state index contributed by atoms with van der Waals surface area (Å²) in [4.78, 5) is 0. The quantitative estimate of drug-likeness (QED) is 0.362. The Morgan fingerprint density at radius 2 is 2.00 bits per heavy atom. The van der Waals surface area contributed by atoms with Crippen molar-refractivity contribution < 1.29 is 0 Å². The van der Waals surface area contributed by atoms with Crippen LogP contribution in [0.2, 0.25) is 0 Å². The Hall–Kier alpha value is -0.410. The molecule has 0 unspecified atom stereocenters. The fourth-order valence-corrected chi connectivity index (χ4v) is 0.342. The van der Waals surface area contributed by atoms with E-state index in [1.54, 1.807) is 10.5 Å². The summed E-state index contributed by atoms with van der Waals surface area (Å²) in [6.07, 6.45) is 5.42. The summed E-state index contributed by atoms with van der Waals surface area (Å²) in [6.45, 7) is 3.54. The molecule has 0 N–H and O–H groups in total. The lowest BCUT2D eigenvalue weighted by atomic mass is 10.6. The second-order valence-corrected chi connectivity index (χ2v) is 2.22. The standard InChI is InChI=1S/C6H12N2S/c1-4-5-6-7(2)8(3)9/h4-6,9H,1H2,2-3H3/b6-5-. The monoisotopic (exact) mass is 144 g/mol. The average molecular weight is 144 g/mol. The van der Waals surface area contributed by atoms with Crippen LogP contribution in [0.5, 0.6) is 0 Å². The first-order valence-electron chi connectivity index (χ1n) is 2.63. The molecule has 0 radical (unpaired) electrons. The van der Waals surface area contributed by atoms with Gasteiger partial charge in [-0.1, -0.05) is 25.5 Å². The molecule has 0 aromatic heterocycles. The second-order valence-electron chi connectivity index (χ2n) is 1.64. The minimum absolute atomic E-state index is 1.67. The summed E-state index contributed by atoms with van der Waals surface area (Å²) in [5.41, 5.74) is 0. The highest BCUT2D eigenvalue weighted by atomic mass is 32.1. The van der Waals surface area contributed by atoms with Crippen molar-refractivity contribution in [1.82, 2.24) is 9.42 Å². The summed E-state index contributed by atoms with van der Waals surface area (Å²) in [5, 5.41) is 1.82. The third kappa shape index (κ3) is 4.12. The maximum Gasteiger partial charge on any atom is 0.0236 e. The largest absolute Gasteiger partial charge is 0.307 e. The minimum atomic E-state index is 1.67. The van der Waals surface area contributed by atoms with Gasteiger partial charge in [0.25, 0.3) is 0 Å². The number of hydrogen-bond acceptors (Lipinski definition) is 3. The second kappa shape index (κ2) is 4.47. The zero-order valence-electron chi connectivity index (χ0n) is 5.78. The average Bonchev–Trinajstić information content (AvgIpc) is 1.82. The Morgan fingerprint density at radius 3 is 2.33 bits per heavy atom. The minimum Gasteiger partial charge on any atom is -0.307 e. The van der Waals surface area contributed by atoms with Crippen molar-refractivity contribution in [2.45, 2.75) is 0 Å². The van der Waals surface area contributed by atoms with Crippen LogP contribution in [-0.4, -0.2) is 23.5 Å². The van der Waals surface area contributed by atoms with Crippen LogP contribution in [0.4, 0.5) is 0 Å². The topological polar surface area (TPSA) is 6.48 Å². The molecule has 2 nitrogen and oxygen atoms in total. The molecule has 0 aliphatic rings. The van der Waals surface area contributed by atoms with Gasteiger partial charge in [0.1, 0.15) is 0 Å². The third-order valence-electron chi connectivity index (χ3n) is 0.894. The van der Waals surface area contributed by atoms with Gasteiger partial charge < -0.3 is 5.01 Å². The first kappa shape index (κ1) is 8.59. The summed E-state index contributed by atoms with van der Waals surface area (Å²) < 4.78 is 1.67. The van der Waals surface area contributed by atoms with E-state index in [4.69, 9.17) is 0 Å². The molecule has 0 aliphatic heterocycles. The van der Waals surface area contributed by atoms with E-state index in [2.05, 4.69) is 19.4 Å². The third-order valence-corrected chi connectivity index (χ3v) is 1.18. The van der Waals surface area contributed by atoms with Crippen LogP contribution in [0, 0.1) is 0 Å². The molecule has 0 saturated carbocycles. The highest BCUT2D eigenvalue weighted by Gasteiger charge is 1.89. The van der Waals surface area contributed by atoms with E-state index in [0.717, 1.165) is 0 Å². The Morgan fingerprint density at radius 1 is 1.44 bits per heavy atom. The summed E-state index contributed by atoms with van der Waals surface area (Å²) >= 11 is 4.04. The summed E-state index contributed by atoms with van der Waals surface area (Å²) in [5.74, 6) is 0.